The summed E-state index contributed by atoms with van der Waals surface area (Å²) < 4.78 is 4.88. The summed E-state index contributed by atoms with van der Waals surface area (Å²) in [5, 5.41) is 2.85. The maximum atomic E-state index is 12.4. The number of benzene rings is 1. The Balaban J connectivity index is 1.69. The molecule has 6 nitrogen and oxygen atoms in total. The van der Waals surface area contributed by atoms with Gasteiger partial charge in [0.15, 0.2) is 0 Å². The number of aromatic nitrogens is 1. The van der Waals surface area contributed by atoms with E-state index >= 15 is 0 Å². The van der Waals surface area contributed by atoms with Crippen molar-refractivity contribution in [3.8, 4) is 0 Å². The maximum absolute atomic E-state index is 12.4. The molecule has 1 N–H and O–H groups in total. The van der Waals surface area contributed by atoms with E-state index in [4.69, 9.17) is 4.74 Å². The molecule has 2 heterocycles. The molecule has 1 aliphatic heterocycles. The highest BCUT2D eigenvalue weighted by atomic mass is 16.5. The van der Waals surface area contributed by atoms with E-state index in [1.807, 2.05) is 18.2 Å². The van der Waals surface area contributed by atoms with Crippen molar-refractivity contribution in [2.45, 2.75) is 25.4 Å². The molecule has 2 aromatic rings. The molecule has 3 rings (SSSR count). The number of pyridine rings is 1. The van der Waals surface area contributed by atoms with Gasteiger partial charge in [-0.2, -0.15) is 0 Å². The number of esters is 1. The summed E-state index contributed by atoms with van der Waals surface area (Å²) >= 11 is 0. The lowest BCUT2D eigenvalue weighted by Gasteiger charge is -2.22. The van der Waals surface area contributed by atoms with Crippen molar-refractivity contribution in [1.29, 1.82) is 0 Å². The van der Waals surface area contributed by atoms with Crippen LogP contribution < -0.4 is 5.32 Å². The van der Waals surface area contributed by atoms with Crippen molar-refractivity contribution in [1.82, 2.24) is 9.88 Å². The minimum atomic E-state index is -0.195. The van der Waals surface area contributed by atoms with Crippen LogP contribution in [0.4, 0.5) is 5.69 Å². The first kappa shape index (κ1) is 17.1. The highest BCUT2D eigenvalue weighted by Gasteiger charge is 2.31. The van der Waals surface area contributed by atoms with Gasteiger partial charge in [0.25, 0.3) is 5.91 Å². The fourth-order valence-electron chi connectivity index (χ4n) is 3.10. The summed E-state index contributed by atoms with van der Waals surface area (Å²) in [7, 11) is 1.42. The molecule has 1 atom stereocenters. The number of nitrogens with one attached hydrogen (secondary N) is 1. The Labute approximate surface area is 146 Å². The molecule has 1 fully saturated rings. The van der Waals surface area contributed by atoms with Gasteiger partial charge in [-0.15, -0.1) is 0 Å². The molecule has 0 unspecified atom stereocenters. The van der Waals surface area contributed by atoms with Crippen molar-refractivity contribution in [2.24, 2.45) is 0 Å². The fourth-order valence-corrected chi connectivity index (χ4v) is 3.10. The zero-order chi connectivity index (χ0) is 17.6. The number of nitrogens with zero attached hydrogens (tertiary/aromatic N) is 2. The molecule has 1 aliphatic rings. The predicted octanol–water partition coefficient (Wildman–Crippen LogP) is 2.47. The number of methoxy groups -OCH3 is 1. The van der Waals surface area contributed by atoms with Crippen LogP contribution in [0.3, 0.4) is 0 Å². The number of likely N-dealkylation sites (tertiary alicyclic amines) is 1. The first-order chi connectivity index (χ1) is 12.2. The van der Waals surface area contributed by atoms with Gasteiger partial charge in [-0.1, -0.05) is 12.1 Å². The SMILES string of the molecule is COC(=O)[C@H]1CCCN1Cc1cccc(C(=O)Nc2ccncc2)c1. The molecular weight excluding hydrogens is 318 g/mol. The number of amides is 1. The Bertz CT molecular complexity index is 749. The van der Waals surface area contributed by atoms with Crippen LogP contribution >= 0.6 is 0 Å². The van der Waals surface area contributed by atoms with Crippen LogP contribution in [0.2, 0.25) is 0 Å². The van der Waals surface area contributed by atoms with E-state index in [0.29, 0.717) is 17.8 Å². The summed E-state index contributed by atoms with van der Waals surface area (Å²) in [6.45, 7) is 1.48. The molecule has 130 valence electrons. The van der Waals surface area contributed by atoms with Gasteiger partial charge in [0.05, 0.1) is 7.11 Å². The second-order valence-corrected chi connectivity index (χ2v) is 6.04. The Kier molecular flexibility index (Phi) is 5.40. The van der Waals surface area contributed by atoms with Gasteiger partial charge >= 0.3 is 5.97 Å². The lowest BCUT2D eigenvalue weighted by atomic mass is 10.1. The van der Waals surface area contributed by atoms with Crippen LogP contribution in [0.15, 0.2) is 48.8 Å². The first-order valence-corrected chi connectivity index (χ1v) is 8.29. The zero-order valence-electron chi connectivity index (χ0n) is 14.1. The van der Waals surface area contributed by atoms with Gasteiger partial charge < -0.3 is 10.1 Å². The van der Waals surface area contributed by atoms with Gasteiger partial charge in [0, 0.05) is 30.2 Å². The summed E-state index contributed by atoms with van der Waals surface area (Å²) in [5.41, 5.74) is 2.29. The number of hydrogen-bond acceptors (Lipinski definition) is 5. The molecule has 6 heteroatoms. The molecule has 1 aromatic heterocycles. The summed E-state index contributed by atoms with van der Waals surface area (Å²) in [6.07, 6.45) is 5.05. The maximum Gasteiger partial charge on any atom is 0.323 e. The van der Waals surface area contributed by atoms with Crippen LogP contribution in [0, 0.1) is 0 Å². The lowest BCUT2D eigenvalue weighted by Crippen LogP contribution is -2.36. The Morgan fingerprint density at radius 2 is 2.08 bits per heavy atom. The van der Waals surface area contributed by atoms with Crippen molar-refractivity contribution >= 4 is 17.6 Å². The third-order valence-corrected chi connectivity index (χ3v) is 4.35. The molecule has 0 saturated carbocycles. The van der Waals surface area contributed by atoms with Crippen LogP contribution in [-0.2, 0) is 16.1 Å². The quantitative estimate of drug-likeness (QED) is 0.847. The summed E-state index contributed by atoms with van der Waals surface area (Å²) in [6, 6.07) is 10.8. The Morgan fingerprint density at radius 1 is 1.28 bits per heavy atom. The smallest absolute Gasteiger partial charge is 0.323 e. The van der Waals surface area contributed by atoms with E-state index in [2.05, 4.69) is 15.2 Å². The zero-order valence-corrected chi connectivity index (χ0v) is 14.1. The van der Waals surface area contributed by atoms with E-state index < -0.39 is 0 Å². The highest BCUT2D eigenvalue weighted by Crippen LogP contribution is 2.21. The average Bonchev–Trinajstić information content (AvgIpc) is 3.10. The van der Waals surface area contributed by atoms with Crippen molar-refractivity contribution < 1.29 is 14.3 Å². The normalized spacial score (nSPS) is 17.2. The summed E-state index contributed by atoms with van der Waals surface area (Å²) in [4.78, 5) is 30.3. The van der Waals surface area contributed by atoms with E-state index in [-0.39, 0.29) is 17.9 Å². The molecule has 0 aliphatic carbocycles. The Morgan fingerprint density at radius 3 is 2.84 bits per heavy atom. The number of anilines is 1. The molecular formula is C19H21N3O3. The number of carbonyl (C=O) groups is 2. The van der Waals surface area contributed by atoms with Gasteiger partial charge in [-0.05, 0) is 49.2 Å². The third kappa shape index (κ3) is 4.22. The topological polar surface area (TPSA) is 71.5 Å². The van der Waals surface area contributed by atoms with Gasteiger partial charge in [-0.3, -0.25) is 19.5 Å². The molecule has 0 bridgehead atoms. The molecule has 1 amide bonds. The molecule has 1 aromatic carbocycles. The Hall–Kier alpha value is -2.73. The van der Waals surface area contributed by atoms with E-state index in [0.717, 1.165) is 24.9 Å². The van der Waals surface area contributed by atoms with Crippen molar-refractivity contribution in [2.75, 3.05) is 19.0 Å². The van der Waals surface area contributed by atoms with E-state index in [9.17, 15) is 9.59 Å². The van der Waals surface area contributed by atoms with Gasteiger partial charge in [-0.25, -0.2) is 0 Å². The molecule has 0 radical (unpaired) electrons. The first-order valence-electron chi connectivity index (χ1n) is 8.29. The number of hydrogen-bond donors (Lipinski definition) is 1. The number of carbonyl (C=O) groups excluding carboxylic acids is 2. The van der Waals surface area contributed by atoms with Crippen LogP contribution in [-0.4, -0.2) is 41.5 Å². The summed E-state index contributed by atoms with van der Waals surface area (Å²) in [5.74, 6) is -0.358. The second kappa shape index (κ2) is 7.90. The fraction of sp³-hybridized carbons (Fsp3) is 0.316. The second-order valence-electron chi connectivity index (χ2n) is 6.04. The van der Waals surface area contributed by atoms with Crippen LogP contribution in [0.25, 0.3) is 0 Å². The van der Waals surface area contributed by atoms with Crippen molar-refractivity contribution in [3.63, 3.8) is 0 Å². The van der Waals surface area contributed by atoms with Gasteiger partial charge in [0.1, 0.15) is 6.04 Å². The monoisotopic (exact) mass is 339 g/mol. The van der Waals surface area contributed by atoms with Crippen LogP contribution in [0.1, 0.15) is 28.8 Å². The van der Waals surface area contributed by atoms with E-state index in [1.54, 1.807) is 30.6 Å². The molecule has 25 heavy (non-hydrogen) atoms. The van der Waals surface area contributed by atoms with Gasteiger partial charge in [0.2, 0.25) is 0 Å². The van der Waals surface area contributed by atoms with Crippen molar-refractivity contribution in [3.05, 3.63) is 59.9 Å². The number of ether oxygens (including phenoxy) is 1. The van der Waals surface area contributed by atoms with E-state index in [1.165, 1.54) is 7.11 Å². The largest absolute Gasteiger partial charge is 0.468 e. The third-order valence-electron chi connectivity index (χ3n) is 4.35. The van der Waals surface area contributed by atoms with Crippen LogP contribution in [0.5, 0.6) is 0 Å². The minimum Gasteiger partial charge on any atom is -0.468 e. The molecule has 0 spiro atoms. The highest BCUT2D eigenvalue weighted by molar-refractivity contribution is 6.04. The molecule has 1 saturated heterocycles. The average molecular weight is 339 g/mol. The predicted molar refractivity (Wildman–Crippen MR) is 94.1 cm³/mol. The lowest BCUT2D eigenvalue weighted by molar-refractivity contribution is -0.146. The number of rotatable bonds is 5. The standard InChI is InChI=1S/C19H21N3O3/c1-25-19(24)17-6-3-11-22(17)13-14-4-2-5-15(12-14)18(23)21-16-7-9-20-10-8-16/h2,4-5,7-10,12,17H,3,6,11,13H2,1H3,(H,20,21,23)/t17-/m1/s1. The minimum absolute atomic E-state index is 0.168.